The first-order chi connectivity index (χ1) is 12.3. The third-order valence-electron chi connectivity index (χ3n) is 3.94. The number of aromatic nitrogens is 2. The van der Waals surface area contributed by atoms with Crippen molar-refractivity contribution in [1.29, 1.82) is 0 Å². The number of hydrogen-bond acceptors (Lipinski definition) is 5. The molecule has 5 heteroatoms. The van der Waals surface area contributed by atoms with E-state index in [0.29, 0.717) is 28.1 Å². The van der Waals surface area contributed by atoms with Crippen molar-refractivity contribution in [3.05, 3.63) is 82.8 Å². The average molecular weight is 330 g/mol. The summed E-state index contributed by atoms with van der Waals surface area (Å²) in [6, 6.07) is 15.9. The Kier molecular flexibility index (Phi) is 3.84. The van der Waals surface area contributed by atoms with E-state index in [4.69, 9.17) is 4.42 Å². The van der Waals surface area contributed by atoms with E-state index in [2.05, 4.69) is 9.97 Å². The van der Waals surface area contributed by atoms with Crippen molar-refractivity contribution in [2.24, 2.45) is 0 Å². The fourth-order valence-electron chi connectivity index (χ4n) is 2.74. The van der Waals surface area contributed by atoms with E-state index in [1.54, 1.807) is 30.6 Å². The van der Waals surface area contributed by atoms with Crippen molar-refractivity contribution >= 4 is 11.0 Å². The lowest BCUT2D eigenvalue weighted by molar-refractivity contribution is 0.282. The van der Waals surface area contributed by atoms with Crippen molar-refractivity contribution < 1.29 is 9.52 Å². The molecule has 0 spiro atoms. The van der Waals surface area contributed by atoms with Crippen LogP contribution < -0.4 is 5.43 Å². The van der Waals surface area contributed by atoms with Crippen LogP contribution in [0, 0.1) is 0 Å². The minimum Gasteiger partial charge on any atom is -0.452 e. The molecule has 1 N–H and O–H groups in total. The molecule has 3 aromatic heterocycles. The van der Waals surface area contributed by atoms with Crippen LogP contribution in [0.3, 0.4) is 0 Å². The zero-order valence-corrected chi connectivity index (χ0v) is 13.2. The van der Waals surface area contributed by atoms with E-state index in [1.165, 1.54) is 6.07 Å². The van der Waals surface area contributed by atoms with Gasteiger partial charge in [-0.15, -0.1) is 0 Å². The zero-order chi connectivity index (χ0) is 17.2. The van der Waals surface area contributed by atoms with Crippen LogP contribution in [0.2, 0.25) is 0 Å². The Morgan fingerprint density at radius 1 is 0.960 bits per heavy atom. The summed E-state index contributed by atoms with van der Waals surface area (Å²) in [5.74, 6) is 0.394. The summed E-state index contributed by atoms with van der Waals surface area (Å²) < 4.78 is 6.00. The second-order valence-corrected chi connectivity index (χ2v) is 5.58. The monoisotopic (exact) mass is 330 g/mol. The summed E-state index contributed by atoms with van der Waals surface area (Å²) in [5.41, 5.74) is 2.94. The number of rotatable bonds is 3. The third-order valence-corrected chi connectivity index (χ3v) is 3.94. The number of pyridine rings is 2. The fraction of sp³-hybridized carbons (Fsp3) is 0.0500. The highest BCUT2D eigenvalue weighted by atomic mass is 16.3. The van der Waals surface area contributed by atoms with Crippen molar-refractivity contribution in [3.8, 4) is 22.7 Å². The van der Waals surface area contributed by atoms with E-state index in [1.807, 2.05) is 30.3 Å². The molecule has 0 saturated carbocycles. The van der Waals surface area contributed by atoms with E-state index < -0.39 is 0 Å². The van der Waals surface area contributed by atoms with Gasteiger partial charge in [0.05, 0.1) is 12.0 Å². The van der Waals surface area contributed by atoms with Gasteiger partial charge in [-0.1, -0.05) is 24.3 Å². The maximum Gasteiger partial charge on any atom is 0.193 e. The van der Waals surface area contributed by atoms with Gasteiger partial charge in [-0.05, 0) is 29.8 Å². The van der Waals surface area contributed by atoms with E-state index in [9.17, 15) is 9.90 Å². The Hall–Kier alpha value is -3.31. The van der Waals surface area contributed by atoms with Crippen LogP contribution in [-0.2, 0) is 6.61 Å². The average Bonchev–Trinajstić information content (AvgIpc) is 2.68. The van der Waals surface area contributed by atoms with Gasteiger partial charge in [0.25, 0.3) is 0 Å². The minimum atomic E-state index is -0.149. The summed E-state index contributed by atoms with van der Waals surface area (Å²) in [7, 11) is 0. The van der Waals surface area contributed by atoms with Crippen LogP contribution in [-0.4, -0.2) is 15.1 Å². The fourth-order valence-corrected chi connectivity index (χ4v) is 2.74. The molecule has 1 aromatic carbocycles. The Morgan fingerprint density at radius 3 is 2.68 bits per heavy atom. The van der Waals surface area contributed by atoms with Crippen LogP contribution >= 0.6 is 0 Å². The highest BCUT2D eigenvalue weighted by Crippen LogP contribution is 2.28. The minimum absolute atomic E-state index is 0.0677. The predicted octanol–water partition coefficient (Wildman–Crippen LogP) is 3.41. The second kappa shape index (κ2) is 6.30. The van der Waals surface area contributed by atoms with Crippen LogP contribution in [0.25, 0.3) is 33.7 Å². The van der Waals surface area contributed by atoms with Crippen LogP contribution in [0.4, 0.5) is 0 Å². The lowest BCUT2D eigenvalue weighted by atomic mass is 10.1. The standard InChI is InChI=1S/C20H14N2O3/c23-12-13-4-3-5-14(10-13)19-20-15(7-9-22-19)17(24)11-18(25-20)16-6-1-2-8-21-16/h1-11,23H,12H2. The summed E-state index contributed by atoms with van der Waals surface area (Å²) in [5, 5.41) is 9.81. The van der Waals surface area contributed by atoms with Gasteiger partial charge >= 0.3 is 0 Å². The van der Waals surface area contributed by atoms with Crippen molar-refractivity contribution in [1.82, 2.24) is 9.97 Å². The van der Waals surface area contributed by atoms with Crippen molar-refractivity contribution in [2.45, 2.75) is 6.61 Å². The molecular weight excluding hydrogens is 316 g/mol. The Morgan fingerprint density at radius 2 is 1.88 bits per heavy atom. The topological polar surface area (TPSA) is 76.2 Å². The summed E-state index contributed by atoms with van der Waals surface area (Å²) in [6.45, 7) is -0.0677. The molecule has 0 fully saturated rings. The summed E-state index contributed by atoms with van der Waals surface area (Å²) >= 11 is 0. The van der Waals surface area contributed by atoms with Crippen molar-refractivity contribution in [3.63, 3.8) is 0 Å². The van der Waals surface area contributed by atoms with Crippen LogP contribution in [0.5, 0.6) is 0 Å². The van der Waals surface area contributed by atoms with Gasteiger partial charge in [-0.25, -0.2) is 0 Å². The quantitative estimate of drug-likeness (QED) is 0.623. The number of aliphatic hydroxyl groups excluding tert-OH is 1. The molecule has 0 aliphatic heterocycles. The number of aliphatic hydroxyl groups is 1. The molecule has 0 atom stereocenters. The van der Waals surface area contributed by atoms with Crippen molar-refractivity contribution in [2.75, 3.05) is 0 Å². The van der Waals surface area contributed by atoms with E-state index in [0.717, 1.165) is 11.1 Å². The van der Waals surface area contributed by atoms with Gasteiger partial charge in [0, 0.05) is 24.0 Å². The molecule has 25 heavy (non-hydrogen) atoms. The Balaban J connectivity index is 1.99. The maximum atomic E-state index is 12.5. The predicted molar refractivity (Wildman–Crippen MR) is 94.9 cm³/mol. The second-order valence-electron chi connectivity index (χ2n) is 5.58. The first-order valence-corrected chi connectivity index (χ1v) is 7.81. The molecule has 0 saturated heterocycles. The molecule has 4 aromatic rings. The third kappa shape index (κ3) is 2.81. The number of fused-ring (bicyclic) bond motifs is 1. The van der Waals surface area contributed by atoms with Gasteiger partial charge in [-0.2, -0.15) is 0 Å². The maximum absolute atomic E-state index is 12.5. The molecule has 5 nitrogen and oxygen atoms in total. The molecule has 3 heterocycles. The molecule has 0 amide bonds. The Labute approximate surface area is 143 Å². The van der Waals surface area contributed by atoms with Gasteiger partial charge < -0.3 is 9.52 Å². The molecule has 0 radical (unpaired) electrons. The van der Waals surface area contributed by atoms with Gasteiger partial charge in [0.2, 0.25) is 0 Å². The molecule has 0 bridgehead atoms. The summed E-state index contributed by atoms with van der Waals surface area (Å²) in [6.07, 6.45) is 3.23. The molecule has 0 unspecified atom stereocenters. The zero-order valence-electron chi connectivity index (χ0n) is 13.2. The van der Waals surface area contributed by atoms with Crippen LogP contribution in [0.15, 0.2) is 76.2 Å². The molecule has 122 valence electrons. The van der Waals surface area contributed by atoms with Gasteiger partial charge in [0.15, 0.2) is 16.8 Å². The normalized spacial score (nSPS) is 10.9. The van der Waals surface area contributed by atoms with Gasteiger partial charge in [0.1, 0.15) is 11.4 Å². The molecular formula is C20H14N2O3. The molecule has 0 aliphatic carbocycles. The van der Waals surface area contributed by atoms with Gasteiger partial charge in [-0.3, -0.25) is 14.8 Å². The Bertz CT molecular complexity index is 1100. The van der Waals surface area contributed by atoms with Crippen LogP contribution in [0.1, 0.15) is 5.56 Å². The highest BCUT2D eigenvalue weighted by Gasteiger charge is 2.13. The van der Waals surface area contributed by atoms with E-state index in [-0.39, 0.29) is 12.0 Å². The SMILES string of the molecule is O=c1cc(-c2ccccn2)oc2c(-c3cccc(CO)c3)nccc12. The largest absolute Gasteiger partial charge is 0.452 e. The first-order valence-electron chi connectivity index (χ1n) is 7.81. The lowest BCUT2D eigenvalue weighted by Gasteiger charge is -2.08. The molecule has 0 aliphatic rings. The summed E-state index contributed by atoms with van der Waals surface area (Å²) in [4.78, 5) is 21.2. The number of nitrogens with zero attached hydrogens (tertiary/aromatic N) is 2. The molecule has 4 rings (SSSR count). The van der Waals surface area contributed by atoms with E-state index >= 15 is 0 Å². The number of hydrogen-bond donors (Lipinski definition) is 1. The highest BCUT2D eigenvalue weighted by molar-refractivity contribution is 5.90. The first kappa shape index (κ1) is 15.2. The number of benzene rings is 1. The lowest BCUT2D eigenvalue weighted by Crippen LogP contribution is -2.02. The smallest absolute Gasteiger partial charge is 0.193 e.